The zero-order chi connectivity index (χ0) is 22.2. The van der Waals surface area contributed by atoms with E-state index in [4.69, 9.17) is 22.1 Å². The van der Waals surface area contributed by atoms with E-state index in [1.807, 2.05) is 42.5 Å². The number of ether oxygens (including phenoxy) is 1. The molecule has 0 amide bonds. The number of aliphatic hydroxyl groups excluding tert-OH is 2. The van der Waals surface area contributed by atoms with Crippen molar-refractivity contribution < 1.29 is 14.9 Å². The van der Waals surface area contributed by atoms with Gasteiger partial charge in [0.15, 0.2) is 5.84 Å². The Balaban J connectivity index is 1.73. The van der Waals surface area contributed by atoms with Crippen molar-refractivity contribution in [1.82, 2.24) is 0 Å². The van der Waals surface area contributed by atoms with E-state index in [1.54, 1.807) is 0 Å². The SMILES string of the molecule is CN=N/N=C(\N)C#Cc1ccc(Cc2cc([C@H]3C[C@@H](O)C[C@@H](CO)O3)ccc2Cl)cc1. The fourth-order valence-corrected chi connectivity index (χ4v) is 3.62. The molecule has 0 unspecified atom stereocenters. The quantitative estimate of drug-likeness (QED) is 0.218. The number of halogens is 1. The zero-order valence-corrected chi connectivity index (χ0v) is 18.0. The van der Waals surface area contributed by atoms with Crippen LogP contribution >= 0.6 is 11.6 Å². The van der Waals surface area contributed by atoms with E-state index in [1.165, 1.54) is 7.05 Å². The van der Waals surface area contributed by atoms with Gasteiger partial charge in [0.05, 0.1) is 32.0 Å². The van der Waals surface area contributed by atoms with Crippen LogP contribution in [0.25, 0.3) is 0 Å². The molecule has 7 nitrogen and oxygen atoms in total. The number of benzene rings is 2. The molecule has 0 spiro atoms. The summed E-state index contributed by atoms with van der Waals surface area (Å²) < 4.78 is 5.92. The molecule has 0 saturated carbocycles. The van der Waals surface area contributed by atoms with E-state index < -0.39 is 6.10 Å². The van der Waals surface area contributed by atoms with Crippen LogP contribution in [0, 0.1) is 11.8 Å². The highest BCUT2D eigenvalue weighted by Crippen LogP contribution is 2.33. The van der Waals surface area contributed by atoms with Crippen LogP contribution in [0.3, 0.4) is 0 Å². The molecule has 0 radical (unpaired) electrons. The summed E-state index contributed by atoms with van der Waals surface area (Å²) in [6.07, 6.45) is 0.465. The predicted octanol–water partition coefficient (Wildman–Crippen LogP) is 3.21. The van der Waals surface area contributed by atoms with Gasteiger partial charge in [-0.15, -0.1) is 5.10 Å². The second-order valence-corrected chi connectivity index (χ2v) is 7.71. The topological polar surface area (TPSA) is 113 Å². The fraction of sp³-hybridized carbons (Fsp3) is 0.348. The Morgan fingerprint density at radius 3 is 2.71 bits per heavy atom. The van der Waals surface area contributed by atoms with Crippen molar-refractivity contribution >= 4 is 17.4 Å². The van der Waals surface area contributed by atoms with Crippen molar-refractivity contribution in [1.29, 1.82) is 0 Å². The van der Waals surface area contributed by atoms with Crippen LogP contribution in [0.5, 0.6) is 0 Å². The van der Waals surface area contributed by atoms with E-state index in [0.717, 1.165) is 22.3 Å². The van der Waals surface area contributed by atoms with Crippen LogP contribution in [0.4, 0.5) is 0 Å². The van der Waals surface area contributed by atoms with E-state index in [0.29, 0.717) is 24.3 Å². The lowest BCUT2D eigenvalue weighted by Gasteiger charge is -2.32. The maximum atomic E-state index is 10.1. The van der Waals surface area contributed by atoms with Crippen molar-refractivity contribution in [3.63, 3.8) is 0 Å². The van der Waals surface area contributed by atoms with Crippen molar-refractivity contribution in [2.24, 2.45) is 21.2 Å². The van der Waals surface area contributed by atoms with E-state index in [2.05, 4.69) is 27.3 Å². The molecule has 1 aliphatic rings. The second kappa shape index (κ2) is 11.0. The molecule has 4 N–H and O–H groups in total. The van der Waals surface area contributed by atoms with Crippen LogP contribution in [-0.2, 0) is 11.2 Å². The number of nitrogens with two attached hydrogens (primary N) is 1. The molecular weight excluding hydrogens is 416 g/mol. The minimum Gasteiger partial charge on any atom is -0.394 e. The van der Waals surface area contributed by atoms with Gasteiger partial charge >= 0.3 is 0 Å². The monoisotopic (exact) mass is 440 g/mol. The lowest BCUT2D eigenvalue weighted by Crippen LogP contribution is -2.33. The van der Waals surface area contributed by atoms with Crippen LogP contribution in [0.1, 0.15) is 41.2 Å². The molecule has 3 atom stereocenters. The van der Waals surface area contributed by atoms with E-state index >= 15 is 0 Å². The summed E-state index contributed by atoms with van der Waals surface area (Å²) in [5, 5.41) is 30.7. The molecule has 2 aromatic carbocycles. The molecule has 2 aromatic rings. The molecule has 8 heteroatoms. The summed E-state index contributed by atoms with van der Waals surface area (Å²) in [6, 6.07) is 13.5. The van der Waals surface area contributed by atoms with Crippen molar-refractivity contribution in [2.75, 3.05) is 13.7 Å². The molecule has 1 saturated heterocycles. The zero-order valence-electron chi connectivity index (χ0n) is 17.2. The third kappa shape index (κ3) is 6.61. The van der Waals surface area contributed by atoms with Crippen molar-refractivity contribution in [2.45, 2.75) is 37.6 Å². The summed E-state index contributed by atoms with van der Waals surface area (Å²) in [5.74, 6) is 5.74. The largest absolute Gasteiger partial charge is 0.394 e. The maximum Gasteiger partial charge on any atom is 0.199 e. The highest BCUT2D eigenvalue weighted by molar-refractivity contribution is 6.31. The minimum absolute atomic E-state index is 0.0942. The maximum absolute atomic E-state index is 10.1. The molecule has 1 fully saturated rings. The Labute approximate surface area is 186 Å². The first kappa shape index (κ1) is 22.9. The molecule has 1 heterocycles. The summed E-state index contributed by atoms with van der Waals surface area (Å²) >= 11 is 6.43. The number of nitrogens with zero attached hydrogens (tertiary/aromatic N) is 3. The molecule has 0 aromatic heterocycles. The highest BCUT2D eigenvalue weighted by atomic mass is 35.5. The lowest BCUT2D eigenvalue weighted by atomic mass is 9.94. The Bertz CT molecular complexity index is 1010. The van der Waals surface area contributed by atoms with Gasteiger partial charge in [0.25, 0.3) is 0 Å². The molecule has 1 aliphatic heterocycles. The van der Waals surface area contributed by atoms with E-state index in [-0.39, 0.29) is 24.7 Å². The molecule has 3 rings (SSSR count). The number of hydrogen-bond donors (Lipinski definition) is 3. The van der Waals surface area contributed by atoms with Gasteiger partial charge in [-0.05, 0) is 52.5 Å². The third-order valence-corrected chi connectivity index (χ3v) is 5.32. The molecule has 162 valence electrons. The van der Waals surface area contributed by atoms with Crippen LogP contribution in [-0.4, -0.2) is 41.9 Å². The molecular formula is C23H25ClN4O3. The van der Waals surface area contributed by atoms with Crippen LogP contribution < -0.4 is 5.73 Å². The lowest BCUT2D eigenvalue weighted by molar-refractivity contribution is -0.113. The fourth-order valence-electron chi connectivity index (χ4n) is 3.43. The Hall–Kier alpha value is -2.76. The number of rotatable bonds is 5. The first-order valence-corrected chi connectivity index (χ1v) is 10.3. The van der Waals surface area contributed by atoms with Gasteiger partial charge in [0.1, 0.15) is 0 Å². The number of aliphatic hydroxyl groups is 2. The predicted molar refractivity (Wildman–Crippen MR) is 120 cm³/mol. The first-order chi connectivity index (χ1) is 15.0. The van der Waals surface area contributed by atoms with Crippen LogP contribution in [0.15, 0.2) is 57.9 Å². The molecule has 0 bridgehead atoms. The first-order valence-electron chi connectivity index (χ1n) is 9.94. The Kier molecular flexibility index (Phi) is 8.15. The standard InChI is InChI=1S/C23H25ClN4O3/c1-26-28-27-23(25)9-6-15-2-4-16(5-3-15)10-18-11-17(7-8-21(18)24)22-13-19(30)12-20(14-29)31-22/h2-5,7-8,11,19-20,22,29-30H,10,12-14H2,1H3,(H2,25,26,27)/t19-,20-,22+/m0/s1. The third-order valence-electron chi connectivity index (χ3n) is 4.95. The normalized spacial score (nSPS) is 21.7. The van der Waals surface area contributed by atoms with Gasteiger partial charge in [0, 0.05) is 23.4 Å². The summed E-state index contributed by atoms with van der Waals surface area (Å²) in [4.78, 5) is 0. The summed E-state index contributed by atoms with van der Waals surface area (Å²) in [5.41, 5.74) is 9.40. The Morgan fingerprint density at radius 1 is 1.23 bits per heavy atom. The molecule has 31 heavy (non-hydrogen) atoms. The second-order valence-electron chi connectivity index (χ2n) is 7.30. The van der Waals surface area contributed by atoms with Crippen molar-refractivity contribution in [3.8, 4) is 11.8 Å². The average molecular weight is 441 g/mol. The smallest absolute Gasteiger partial charge is 0.199 e. The number of amidine groups is 1. The van der Waals surface area contributed by atoms with Crippen LogP contribution in [0.2, 0.25) is 5.02 Å². The van der Waals surface area contributed by atoms with Gasteiger partial charge < -0.3 is 20.7 Å². The average Bonchev–Trinajstić information content (AvgIpc) is 2.78. The van der Waals surface area contributed by atoms with Crippen molar-refractivity contribution in [3.05, 3.63) is 69.7 Å². The van der Waals surface area contributed by atoms with Gasteiger partial charge in [-0.3, -0.25) is 0 Å². The minimum atomic E-state index is -0.493. The molecule has 0 aliphatic carbocycles. The summed E-state index contributed by atoms with van der Waals surface area (Å²) in [7, 11) is 1.50. The van der Waals surface area contributed by atoms with Gasteiger partial charge in [-0.25, -0.2) is 0 Å². The van der Waals surface area contributed by atoms with E-state index in [9.17, 15) is 10.2 Å². The van der Waals surface area contributed by atoms with Gasteiger partial charge in [-0.2, -0.15) is 5.11 Å². The number of hydrogen-bond acceptors (Lipinski definition) is 5. The van der Waals surface area contributed by atoms with Gasteiger partial charge in [0.2, 0.25) is 0 Å². The Morgan fingerprint density at radius 2 is 2.00 bits per heavy atom. The summed E-state index contributed by atoms with van der Waals surface area (Å²) in [6.45, 7) is -0.108. The van der Waals surface area contributed by atoms with Gasteiger partial charge in [-0.1, -0.05) is 41.8 Å². The highest BCUT2D eigenvalue weighted by Gasteiger charge is 2.29.